The molecule has 1 N–H and O–H groups in total. The Labute approximate surface area is 167 Å². The first-order chi connectivity index (χ1) is 13.9. The normalized spacial score (nSPS) is 10.7. The van der Waals surface area contributed by atoms with Gasteiger partial charge in [-0.15, -0.1) is 0 Å². The molecular formula is C21H19N3O5. The molecule has 0 radical (unpaired) electrons. The van der Waals surface area contributed by atoms with Crippen LogP contribution in [0.4, 0.5) is 5.69 Å². The molecule has 0 bridgehead atoms. The van der Waals surface area contributed by atoms with E-state index in [4.69, 9.17) is 4.74 Å². The van der Waals surface area contributed by atoms with E-state index in [1.807, 2.05) is 13.0 Å². The van der Waals surface area contributed by atoms with Gasteiger partial charge in [0, 0.05) is 18.7 Å². The van der Waals surface area contributed by atoms with Crippen LogP contribution in [0.2, 0.25) is 0 Å². The van der Waals surface area contributed by atoms with Crippen LogP contribution >= 0.6 is 0 Å². The topological polar surface area (TPSA) is 122 Å². The molecule has 0 unspecified atom stereocenters. The molecule has 0 saturated heterocycles. The maximum atomic E-state index is 12.1. The first kappa shape index (κ1) is 21.3. The van der Waals surface area contributed by atoms with Gasteiger partial charge in [-0.2, -0.15) is 5.26 Å². The van der Waals surface area contributed by atoms with Crippen molar-refractivity contribution in [2.24, 2.45) is 0 Å². The molecule has 0 aliphatic rings. The zero-order valence-electron chi connectivity index (χ0n) is 15.8. The summed E-state index contributed by atoms with van der Waals surface area (Å²) >= 11 is 0. The van der Waals surface area contributed by atoms with Crippen LogP contribution in [-0.4, -0.2) is 23.3 Å². The number of nitriles is 1. The number of rotatable bonds is 8. The molecule has 29 heavy (non-hydrogen) atoms. The van der Waals surface area contributed by atoms with Crippen molar-refractivity contribution in [1.29, 1.82) is 5.26 Å². The Balaban J connectivity index is 2.03. The predicted octanol–water partition coefficient (Wildman–Crippen LogP) is 3.64. The van der Waals surface area contributed by atoms with Crippen LogP contribution in [0.25, 0.3) is 6.08 Å². The van der Waals surface area contributed by atoms with Crippen LogP contribution in [-0.2, 0) is 4.79 Å². The molecule has 1 amide bonds. The van der Waals surface area contributed by atoms with E-state index < -0.39 is 16.8 Å². The molecular weight excluding hydrogens is 374 g/mol. The van der Waals surface area contributed by atoms with E-state index in [2.05, 4.69) is 5.32 Å². The molecule has 0 aromatic heterocycles. The number of carbonyl (C=O) groups excluding carboxylic acids is 2. The molecule has 0 spiro atoms. The summed E-state index contributed by atoms with van der Waals surface area (Å²) in [5, 5.41) is 22.5. The molecule has 8 nitrogen and oxygen atoms in total. The summed E-state index contributed by atoms with van der Waals surface area (Å²) in [6.07, 6.45) is 3.22. The maximum Gasteiger partial charge on any atom is 0.343 e. The minimum atomic E-state index is -0.656. The fraction of sp³-hybridized carbons (Fsp3) is 0.190. The van der Waals surface area contributed by atoms with Gasteiger partial charge in [-0.05, 0) is 42.3 Å². The van der Waals surface area contributed by atoms with Gasteiger partial charge in [0.15, 0.2) is 0 Å². The third kappa shape index (κ3) is 6.29. The zero-order valence-corrected chi connectivity index (χ0v) is 15.8. The van der Waals surface area contributed by atoms with Gasteiger partial charge in [-0.1, -0.05) is 25.5 Å². The minimum absolute atomic E-state index is 0.0169. The van der Waals surface area contributed by atoms with Crippen LogP contribution in [0.1, 0.15) is 35.7 Å². The Kier molecular flexibility index (Phi) is 7.62. The molecule has 0 heterocycles. The monoisotopic (exact) mass is 393 g/mol. The highest BCUT2D eigenvalue weighted by Gasteiger charge is 2.12. The Morgan fingerprint density at radius 1 is 1.17 bits per heavy atom. The first-order valence-corrected chi connectivity index (χ1v) is 8.91. The van der Waals surface area contributed by atoms with Crippen molar-refractivity contribution in [1.82, 2.24) is 5.32 Å². The SMILES string of the molecule is CCCCNC(=O)/C(C#N)=C/c1ccc(OC(=O)c2ccc([N+](=O)[O-])cc2)cc1. The third-order valence-corrected chi connectivity index (χ3v) is 3.90. The summed E-state index contributed by atoms with van der Waals surface area (Å²) < 4.78 is 5.23. The second kappa shape index (κ2) is 10.4. The van der Waals surface area contributed by atoms with Gasteiger partial charge in [0.25, 0.3) is 11.6 Å². The van der Waals surface area contributed by atoms with Crippen molar-refractivity contribution < 1.29 is 19.2 Å². The van der Waals surface area contributed by atoms with E-state index >= 15 is 0 Å². The zero-order chi connectivity index (χ0) is 21.2. The summed E-state index contributed by atoms with van der Waals surface area (Å²) in [6, 6.07) is 13.2. The highest BCUT2D eigenvalue weighted by molar-refractivity contribution is 6.01. The summed E-state index contributed by atoms with van der Waals surface area (Å²) in [6.45, 7) is 2.51. The molecule has 2 aromatic carbocycles. The molecule has 0 atom stereocenters. The van der Waals surface area contributed by atoms with Crippen LogP contribution in [0.3, 0.4) is 0 Å². The third-order valence-electron chi connectivity index (χ3n) is 3.90. The average Bonchev–Trinajstić information content (AvgIpc) is 2.73. The second-order valence-corrected chi connectivity index (χ2v) is 6.04. The number of nitro benzene ring substituents is 1. The fourth-order valence-electron chi connectivity index (χ4n) is 2.31. The number of esters is 1. The Morgan fingerprint density at radius 2 is 1.83 bits per heavy atom. The van der Waals surface area contributed by atoms with Gasteiger partial charge in [0.1, 0.15) is 17.4 Å². The molecule has 0 aliphatic heterocycles. The lowest BCUT2D eigenvalue weighted by molar-refractivity contribution is -0.384. The standard InChI is InChI=1S/C21H19N3O5/c1-2-3-12-23-20(25)17(14-22)13-15-4-10-19(11-5-15)29-21(26)16-6-8-18(9-7-16)24(27)28/h4-11,13H,2-3,12H2,1H3,(H,23,25)/b17-13+. The number of nitro groups is 1. The number of benzene rings is 2. The number of nitrogens with zero attached hydrogens (tertiary/aromatic N) is 2. The lowest BCUT2D eigenvalue weighted by Crippen LogP contribution is -2.25. The van der Waals surface area contributed by atoms with E-state index in [-0.39, 0.29) is 22.6 Å². The lowest BCUT2D eigenvalue weighted by Gasteiger charge is -2.05. The predicted molar refractivity (Wildman–Crippen MR) is 106 cm³/mol. The summed E-state index contributed by atoms with van der Waals surface area (Å²) in [5.41, 5.74) is 0.638. The highest BCUT2D eigenvalue weighted by atomic mass is 16.6. The van der Waals surface area contributed by atoms with Crippen molar-refractivity contribution in [3.63, 3.8) is 0 Å². The van der Waals surface area contributed by atoms with Gasteiger partial charge in [0.2, 0.25) is 0 Å². The van der Waals surface area contributed by atoms with Gasteiger partial charge in [-0.25, -0.2) is 4.79 Å². The van der Waals surface area contributed by atoms with Gasteiger partial charge in [0.05, 0.1) is 10.5 Å². The minimum Gasteiger partial charge on any atom is -0.423 e. The molecule has 0 saturated carbocycles. The Morgan fingerprint density at radius 3 is 2.38 bits per heavy atom. The van der Waals surface area contributed by atoms with E-state index in [0.29, 0.717) is 12.1 Å². The smallest absolute Gasteiger partial charge is 0.343 e. The summed E-state index contributed by atoms with van der Waals surface area (Å²) in [7, 11) is 0. The average molecular weight is 393 g/mol. The Bertz CT molecular complexity index is 957. The molecule has 2 aromatic rings. The number of hydrogen-bond acceptors (Lipinski definition) is 6. The number of non-ortho nitro benzene ring substituents is 1. The first-order valence-electron chi connectivity index (χ1n) is 8.91. The van der Waals surface area contributed by atoms with E-state index in [9.17, 15) is 25.0 Å². The number of unbranched alkanes of at least 4 members (excludes halogenated alkanes) is 1. The summed E-state index contributed by atoms with van der Waals surface area (Å²) in [5.74, 6) is -0.831. The van der Waals surface area contributed by atoms with Crippen LogP contribution in [0, 0.1) is 21.4 Å². The lowest BCUT2D eigenvalue weighted by atomic mass is 10.1. The quantitative estimate of drug-likeness (QED) is 0.139. The van der Waals surface area contributed by atoms with Gasteiger partial charge < -0.3 is 10.1 Å². The van der Waals surface area contributed by atoms with E-state index in [0.717, 1.165) is 12.8 Å². The highest BCUT2D eigenvalue weighted by Crippen LogP contribution is 2.18. The molecule has 8 heteroatoms. The van der Waals surface area contributed by atoms with Crippen LogP contribution < -0.4 is 10.1 Å². The largest absolute Gasteiger partial charge is 0.423 e. The Hall–Kier alpha value is -3.99. The van der Waals surface area contributed by atoms with E-state index in [1.54, 1.807) is 12.1 Å². The number of carbonyl (C=O) groups is 2. The second-order valence-electron chi connectivity index (χ2n) is 6.04. The van der Waals surface area contributed by atoms with Crippen molar-refractivity contribution >= 4 is 23.6 Å². The van der Waals surface area contributed by atoms with Crippen molar-refractivity contribution in [3.8, 4) is 11.8 Å². The molecule has 0 fully saturated rings. The number of ether oxygens (including phenoxy) is 1. The molecule has 0 aliphatic carbocycles. The van der Waals surface area contributed by atoms with Crippen molar-refractivity contribution in [2.45, 2.75) is 19.8 Å². The molecule has 2 rings (SSSR count). The fourth-order valence-corrected chi connectivity index (χ4v) is 2.31. The van der Waals surface area contributed by atoms with Crippen LogP contribution in [0.15, 0.2) is 54.1 Å². The number of nitrogens with one attached hydrogen (secondary N) is 1. The number of amides is 1. The maximum absolute atomic E-state index is 12.1. The number of hydrogen-bond donors (Lipinski definition) is 1. The van der Waals surface area contributed by atoms with E-state index in [1.165, 1.54) is 42.5 Å². The van der Waals surface area contributed by atoms with Crippen LogP contribution in [0.5, 0.6) is 5.75 Å². The summed E-state index contributed by atoms with van der Waals surface area (Å²) in [4.78, 5) is 34.2. The van der Waals surface area contributed by atoms with Crippen molar-refractivity contribution in [2.75, 3.05) is 6.54 Å². The van der Waals surface area contributed by atoms with Gasteiger partial charge in [-0.3, -0.25) is 14.9 Å². The van der Waals surface area contributed by atoms with Crippen molar-refractivity contribution in [3.05, 3.63) is 75.3 Å². The molecule has 148 valence electrons. The van der Waals surface area contributed by atoms with Gasteiger partial charge >= 0.3 is 5.97 Å².